The Kier molecular flexibility index (Phi) is 5.96. The number of ether oxygens (including phenoxy) is 3. The molecule has 0 aliphatic carbocycles. The summed E-state index contributed by atoms with van der Waals surface area (Å²) in [4.78, 5) is 17.2. The van der Waals surface area contributed by atoms with Crippen molar-refractivity contribution in [3.05, 3.63) is 85.9 Å². The van der Waals surface area contributed by atoms with E-state index in [0.29, 0.717) is 27.1 Å². The van der Waals surface area contributed by atoms with Gasteiger partial charge in [-0.15, -0.1) is 11.3 Å². The second-order valence-electron chi connectivity index (χ2n) is 6.23. The summed E-state index contributed by atoms with van der Waals surface area (Å²) in [6.45, 7) is 0.0445. The Morgan fingerprint density at radius 2 is 2.07 bits per heavy atom. The van der Waals surface area contributed by atoms with Crippen LogP contribution in [0.1, 0.15) is 16.0 Å². The molecule has 5 nitrogen and oxygen atoms in total. The summed E-state index contributed by atoms with van der Waals surface area (Å²) in [5.41, 5.74) is 1.29. The van der Waals surface area contributed by atoms with Gasteiger partial charge in [-0.2, -0.15) is 0 Å². The summed E-state index contributed by atoms with van der Waals surface area (Å²) in [6.07, 6.45) is 1.61. The number of rotatable bonds is 6. The van der Waals surface area contributed by atoms with Gasteiger partial charge in [0.25, 0.3) is 0 Å². The normalized spacial score (nSPS) is 14.6. The lowest BCUT2D eigenvalue weighted by molar-refractivity contribution is -0.129. The second-order valence-corrected chi connectivity index (χ2v) is 8.03. The summed E-state index contributed by atoms with van der Waals surface area (Å²) in [5, 5.41) is 1.88. The molecular formula is C22H15BrFNO4S. The van der Waals surface area contributed by atoms with Gasteiger partial charge in [0.05, 0.1) is 16.5 Å². The maximum atomic E-state index is 13.9. The maximum Gasteiger partial charge on any atom is 0.363 e. The zero-order valence-corrected chi connectivity index (χ0v) is 18.1. The Balaban J connectivity index is 1.60. The van der Waals surface area contributed by atoms with Crippen molar-refractivity contribution in [2.24, 2.45) is 4.99 Å². The Bertz CT molecular complexity index is 1160. The van der Waals surface area contributed by atoms with Gasteiger partial charge in [0.15, 0.2) is 17.2 Å². The van der Waals surface area contributed by atoms with Crippen molar-refractivity contribution in [2.45, 2.75) is 6.61 Å². The molecule has 0 unspecified atom stereocenters. The van der Waals surface area contributed by atoms with Crippen molar-refractivity contribution >= 4 is 45.2 Å². The highest BCUT2D eigenvalue weighted by atomic mass is 79.9. The van der Waals surface area contributed by atoms with Crippen LogP contribution >= 0.6 is 27.3 Å². The molecule has 0 fully saturated rings. The Hall–Kier alpha value is -2.97. The van der Waals surface area contributed by atoms with Crippen LogP contribution in [0.15, 0.2) is 69.1 Å². The number of methoxy groups -OCH3 is 1. The minimum atomic E-state index is -0.520. The summed E-state index contributed by atoms with van der Waals surface area (Å²) >= 11 is 4.90. The van der Waals surface area contributed by atoms with E-state index in [1.807, 2.05) is 17.5 Å². The molecule has 8 heteroatoms. The number of halogens is 2. The Morgan fingerprint density at radius 1 is 1.23 bits per heavy atom. The fourth-order valence-corrected chi connectivity index (χ4v) is 4.02. The first-order valence-electron chi connectivity index (χ1n) is 8.85. The highest BCUT2D eigenvalue weighted by molar-refractivity contribution is 9.10. The first-order valence-corrected chi connectivity index (χ1v) is 10.5. The molecule has 2 heterocycles. The molecular weight excluding hydrogens is 473 g/mol. The average molecular weight is 488 g/mol. The molecule has 1 aliphatic rings. The van der Waals surface area contributed by atoms with Crippen molar-refractivity contribution in [3.63, 3.8) is 0 Å². The quantitative estimate of drug-likeness (QED) is 0.336. The summed E-state index contributed by atoms with van der Waals surface area (Å²) in [7, 11) is 1.51. The third-order valence-corrected chi connectivity index (χ3v) is 5.68. The fraction of sp³-hybridized carbons (Fsp3) is 0.0909. The largest absolute Gasteiger partial charge is 0.493 e. The summed E-state index contributed by atoms with van der Waals surface area (Å²) in [6, 6.07) is 13.6. The minimum absolute atomic E-state index is 0.0445. The zero-order chi connectivity index (χ0) is 21.1. The zero-order valence-electron chi connectivity index (χ0n) is 15.7. The number of hydrogen-bond acceptors (Lipinski definition) is 6. The highest BCUT2D eigenvalue weighted by Crippen LogP contribution is 2.38. The summed E-state index contributed by atoms with van der Waals surface area (Å²) < 4.78 is 30.9. The van der Waals surface area contributed by atoms with E-state index >= 15 is 0 Å². The van der Waals surface area contributed by atoms with Gasteiger partial charge in [-0.05, 0) is 57.2 Å². The van der Waals surface area contributed by atoms with Gasteiger partial charge >= 0.3 is 5.97 Å². The Morgan fingerprint density at radius 3 is 2.80 bits per heavy atom. The van der Waals surface area contributed by atoms with Crippen LogP contribution in [-0.2, 0) is 16.1 Å². The molecule has 0 radical (unpaired) electrons. The van der Waals surface area contributed by atoms with Crippen molar-refractivity contribution in [2.75, 3.05) is 7.11 Å². The molecule has 0 saturated heterocycles. The van der Waals surface area contributed by atoms with Gasteiger partial charge in [-0.25, -0.2) is 14.2 Å². The van der Waals surface area contributed by atoms with E-state index in [2.05, 4.69) is 20.9 Å². The number of benzene rings is 2. The van der Waals surface area contributed by atoms with E-state index in [4.69, 9.17) is 14.2 Å². The molecule has 0 bridgehead atoms. The van der Waals surface area contributed by atoms with Gasteiger partial charge in [-0.1, -0.05) is 24.3 Å². The lowest BCUT2D eigenvalue weighted by Crippen LogP contribution is -2.03. The van der Waals surface area contributed by atoms with Gasteiger partial charge in [0.2, 0.25) is 5.90 Å². The lowest BCUT2D eigenvalue weighted by atomic mass is 10.1. The molecule has 3 aromatic rings. The van der Waals surface area contributed by atoms with Crippen LogP contribution in [0.3, 0.4) is 0 Å². The molecule has 0 saturated carbocycles. The first kappa shape index (κ1) is 20.3. The molecule has 0 N–H and O–H groups in total. The average Bonchev–Trinajstić information content (AvgIpc) is 3.38. The molecule has 2 aromatic carbocycles. The number of esters is 1. The number of carbonyl (C=O) groups excluding carboxylic acids is 1. The summed E-state index contributed by atoms with van der Waals surface area (Å²) in [5.74, 6) is 0.291. The van der Waals surface area contributed by atoms with Crippen LogP contribution in [0.25, 0.3) is 6.08 Å². The predicted molar refractivity (Wildman–Crippen MR) is 116 cm³/mol. The number of aliphatic imine (C=N–C) groups is 1. The highest BCUT2D eigenvalue weighted by Gasteiger charge is 2.25. The van der Waals surface area contributed by atoms with Crippen LogP contribution < -0.4 is 9.47 Å². The number of nitrogens with zero attached hydrogens (tertiary/aromatic N) is 1. The van der Waals surface area contributed by atoms with Crippen LogP contribution in [0.4, 0.5) is 4.39 Å². The third kappa shape index (κ3) is 4.29. The molecule has 0 atom stereocenters. The SMILES string of the molecule is COc1cc(C=C2N=C(c3cccs3)OC2=O)cc(Br)c1OCc1ccccc1F. The molecule has 152 valence electrons. The van der Waals surface area contributed by atoms with E-state index in [-0.39, 0.29) is 24.0 Å². The van der Waals surface area contributed by atoms with E-state index in [9.17, 15) is 9.18 Å². The molecule has 0 amide bonds. The van der Waals surface area contributed by atoms with Gasteiger partial charge in [-0.3, -0.25) is 0 Å². The Labute approximate surface area is 184 Å². The number of hydrogen-bond donors (Lipinski definition) is 0. The standard InChI is InChI=1S/C22H15BrFNO4S/c1-27-18-11-13(10-17-22(26)29-21(25-17)19-7-4-8-30-19)9-15(23)20(18)28-12-14-5-2-3-6-16(14)24/h2-11H,12H2,1H3. The number of thiophene rings is 1. The smallest absolute Gasteiger partial charge is 0.363 e. The fourth-order valence-electron chi connectivity index (χ4n) is 2.80. The number of cyclic esters (lactones) is 1. The van der Waals surface area contributed by atoms with Crippen LogP contribution in [0.2, 0.25) is 0 Å². The van der Waals surface area contributed by atoms with Crippen molar-refractivity contribution < 1.29 is 23.4 Å². The lowest BCUT2D eigenvalue weighted by Gasteiger charge is -2.14. The van der Waals surface area contributed by atoms with Crippen LogP contribution in [0, 0.1) is 5.82 Å². The minimum Gasteiger partial charge on any atom is -0.493 e. The van der Waals surface area contributed by atoms with E-state index in [1.165, 1.54) is 24.5 Å². The monoisotopic (exact) mass is 487 g/mol. The van der Waals surface area contributed by atoms with E-state index in [0.717, 1.165) is 4.88 Å². The predicted octanol–water partition coefficient (Wildman–Crippen LogP) is 5.58. The van der Waals surface area contributed by atoms with E-state index < -0.39 is 5.97 Å². The van der Waals surface area contributed by atoms with E-state index in [1.54, 1.807) is 36.4 Å². The molecule has 1 aliphatic heterocycles. The molecule has 4 rings (SSSR count). The van der Waals surface area contributed by atoms with Crippen molar-refractivity contribution in [3.8, 4) is 11.5 Å². The topological polar surface area (TPSA) is 57.1 Å². The number of carbonyl (C=O) groups is 1. The van der Waals surface area contributed by atoms with Crippen LogP contribution in [0.5, 0.6) is 11.5 Å². The van der Waals surface area contributed by atoms with Crippen LogP contribution in [-0.4, -0.2) is 19.0 Å². The van der Waals surface area contributed by atoms with Gasteiger partial charge < -0.3 is 14.2 Å². The van der Waals surface area contributed by atoms with Crippen molar-refractivity contribution in [1.29, 1.82) is 0 Å². The van der Waals surface area contributed by atoms with Crippen molar-refractivity contribution in [1.82, 2.24) is 0 Å². The molecule has 30 heavy (non-hydrogen) atoms. The maximum absolute atomic E-state index is 13.9. The first-order chi connectivity index (χ1) is 14.5. The third-order valence-electron chi connectivity index (χ3n) is 4.24. The second kappa shape index (κ2) is 8.81. The van der Waals surface area contributed by atoms with Gasteiger partial charge in [0.1, 0.15) is 12.4 Å². The van der Waals surface area contributed by atoms with Gasteiger partial charge in [0, 0.05) is 5.56 Å². The molecule has 1 aromatic heterocycles. The molecule has 0 spiro atoms.